The Labute approximate surface area is 168 Å². The lowest BCUT2D eigenvalue weighted by Gasteiger charge is -2.06. The molecule has 5 aromatic rings. The molecule has 2 aromatic heterocycles. The smallest absolute Gasteiger partial charge is 0.248 e. The van der Waals surface area contributed by atoms with Crippen molar-refractivity contribution in [3.05, 3.63) is 66.1 Å². The molecular formula is C22H15BN4O2. The number of aromatic nitrogens is 4. The van der Waals surface area contributed by atoms with E-state index >= 15 is 0 Å². The molecule has 2 heterocycles. The molecule has 5 rings (SSSR count). The van der Waals surface area contributed by atoms with Crippen LogP contribution in [0.5, 0.6) is 0 Å². The number of hydrogen-bond acceptors (Lipinski definition) is 6. The van der Waals surface area contributed by atoms with E-state index in [9.17, 15) is 0 Å². The van der Waals surface area contributed by atoms with Crippen LogP contribution in [-0.4, -0.2) is 28.2 Å². The topological polar surface area (TPSA) is 77.8 Å². The van der Waals surface area contributed by atoms with Crippen LogP contribution in [0.25, 0.3) is 45.1 Å². The summed E-state index contributed by atoms with van der Waals surface area (Å²) in [7, 11) is 5.95. The Kier molecular flexibility index (Phi) is 4.01. The second-order valence-corrected chi connectivity index (χ2v) is 6.88. The number of aryl methyl sites for hydroxylation is 2. The summed E-state index contributed by atoms with van der Waals surface area (Å²) in [5.41, 5.74) is 4.17. The summed E-state index contributed by atoms with van der Waals surface area (Å²) >= 11 is 0. The molecular weight excluding hydrogens is 363 g/mol. The van der Waals surface area contributed by atoms with Gasteiger partial charge in [0.25, 0.3) is 0 Å². The van der Waals surface area contributed by atoms with Crippen molar-refractivity contribution >= 4 is 24.1 Å². The molecule has 0 aliphatic carbocycles. The lowest BCUT2D eigenvalue weighted by molar-refractivity contribution is 0.533. The van der Waals surface area contributed by atoms with Crippen molar-refractivity contribution in [2.75, 3.05) is 0 Å². The maximum absolute atomic E-state index is 5.99. The molecule has 0 amide bonds. The number of hydrogen-bond donors (Lipinski definition) is 0. The molecule has 0 atom stereocenters. The fourth-order valence-corrected chi connectivity index (χ4v) is 3.46. The van der Waals surface area contributed by atoms with Gasteiger partial charge in [0, 0.05) is 23.6 Å². The molecule has 0 aliphatic rings. The fraction of sp³-hybridized carbons (Fsp3) is 0.0909. The van der Waals surface area contributed by atoms with Gasteiger partial charge in [0.05, 0.1) is 0 Å². The van der Waals surface area contributed by atoms with Gasteiger partial charge in [0.2, 0.25) is 23.6 Å². The minimum Gasteiger partial charge on any atom is -0.421 e. The van der Waals surface area contributed by atoms with Crippen molar-refractivity contribution in [1.82, 2.24) is 20.4 Å². The number of nitrogens with zero attached hydrogens (tertiary/aromatic N) is 4. The maximum atomic E-state index is 5.99. The van der Waals surface area contributed by atoms with E-state index in [-0.39, 0.29) is 0 Å². The zero-order valence-electron chi connectivity index (χ0n) is 15.9. The molecule has 0 saturated carbocycles. The van der Waals surface area contributed by atoms with Crippen molar-refractivity contribution in [1.29, 1.82) is 0 Å². The first-order valence-electron chi connectivity index (χ1n) is 9.12. The second-order valence-electron chi connectivity index (χ2n) is 6.88. The lowest BCUT2D eigenvalue weighted by Crippen LogP contribution is -2.02. The first-order valence-corrected chi connectivity index (χ1v) is 9.12. The van der Waals surface area contributed by atoms with Crippen LogP contribution >= 0.6 is 0 Å². The molecule has 0 unspecified atom stereocenters. The Bertz CT molecular complexity index is 1340. The average molecular weight is 378 g/mol. The van der Waals surface area contributed by atoms with Gasteiger partial charge < -0.3 is 8.83 Å². The lowest BCUT2D eigenvalue weighted by atomic mass is 9.92. The van der Waals surface area contributed by atoms with E-state index in [1.807, 2.05) is 61.5 Å². The Morgan fingerprint density at radius 2 is 1.31 bits per heavy atom. The highest BCUT2D eigenvalue weighted by atomic mass is 16.4. The predicted octanol–water partition coefficient (Wildman–Crippen LogP) is 4.02. The molecule has 0 bridgehead atoms. The minimum atomic E-state index is 0.427. The van der Waals surface area contributed by atoms with Gasteiger partial charge in [-0.05, 0) is 35.9 Å². The third kappa shape index (κ3) is 3.10. The highest BCUT2D eigenvalue weighted by Crippen LogP contribution is 2.35. The Hall–Kier alpha value is -3.74. The SMILES string of the molecule is [B]c1cc(C)cc(-c2nnc(-c3ccc(-c4nnc(C)o4)c4ccccc34)o2)c1. The van der Waals surface area contributed by atoms with Gasteiger partial charge in [-0.3, -0.25) is 0 Å². The summed E-state index contributed by atoms with van der Waals surface area (Å²) < 4.78 is 11.6. The molecule has 0 fully saturated rings. The van der Waals surface area contributed by atoms with Crippen LogP contribution in [-0.2, 0) is 0 Å². The molecule has 3 aromatic carbocycles. The number of fused-ring (bicyclic) bond motifs is 1. The van der Waals surface area contributed by atoms with E-state index in [1.54, 1.807) is 6.92 Å². The van der Waals surface area contributed by atoms with Gasteiger partial charge in [-0.15, -0.1) is 20.4 Å². The zero-order chi connectivity index (χ0) is 20.0. The van der Waals surface area contributed by atoms with Crippen LogP contribution in [0.2, 0.25) is 0 Å². The molecule has 7 heteroatoms. The van der Waals surface area contributed by atoms with Gasteiger partial charge in [-0.1, -0.05) is 47.4 Å². The summed E-state index contributed by atoms with van der Waals surface area (Å²) in [6.07, 6.45) is 0. The summed E-state index contributed by atoms with van der Waals surface area (Å²) in [5.74, 6) is 1.86. The summed E-state index contributed by atoms with van der Waals surface area (Å²) in [5, 5.41) is 18.5. The molecule has 6 nitrogen and oxygen atoms in total. The molecule has 0 aliphatic heterocycles. The van der Waals surface area contributed by atoms with Crippen molar-refractivity contribution in [2.45, 2.75) is 13.8 Å². The van der Waals surface area contributed by atoms with E-state index in [2.05, 4.69) is 20.4 Å². The molecule has 0 saturated heterocycles. The minimum absolute atomic E-state index is 0.427. The Balaban J connectivity index is 1.64. The largest absolute Gasteiger partial charge is 0.421 e. The molecule has 0 spiro atoms. The molecule has 29 heavy (non-hydrogen) atoms. The Morgan fingerprint density at radius 1 is 0.690 bits per heavy atom. The molecule has 0 N–H and O–H groups in total. The van der Waals surface area contributed by atoms with Crippen molar-refractivity contribution in [2.24, 2.45) is 0 Å². The Morgan fingerprint density at radius 3 is 1.93 bits per heavy atom. The highest BCUT2D eigenvalue weighted by Gasteiger charge is 2.17. The predicted molar refractivity (Wildman–Crippen MR) is 111 cm³/mol. The first kappa shape index (κ1) is 17.4. The summed E-state index contributed by atoms with van der Waals surface area (Å²) in [4.78, 5) is 0. The van der Waals surface area contributed by atoms with E-state index in [0.717, 1.165) is 33.0 Å². The van der Waals surface area contributed by atoms with E-state index in [1.165, 1.54) is 0 Å². The number of benzene rings is 3. The second kappa shape index (κ2) is 6.70. The van der Waals surface area contributed by atoms with Crippen molar-refractivity contribution in [3.8, 4) is 34.4 Å². The standard InChI is InChI=1S/C22H15BN4O2/c1-12-9-14(11-15(23)10-12)20-25-27-22(29-20)19-8-7-18(21-26-24-13(2)28-21)16-5-3-4-6-17(16)19/h3-11H,1-2H3. The van der Waals surface area contributed by atoms with Crippen LogP contribution in [0.15, 0.2) is 63.4 Å². The van der Waals surface area contributed by atoms with Gasteiger partial charge in [0.15, 0.2) is 0 Å². The van der Waals surface area contributed by atoms with E-state index < -0.39 is 0 Å². The fourth-order valence-electron chi connectivity index (χ4n) is 3.46. The zero-order valence-corrected chi connectivity index (χ0v) is 15.9. The van der Waals surface area contributed by atoms with Gasteiger partial charge in [-0.2, -0.15) is 0 Å². The summed E-state index contributed by atoms with van der Waals surface area (Å²) in [6, 6.07) is 17.5. The number of rotatable bonds is 3. The van der Waals surface area contributed by atoms with E-state index in [0.29, 0.717) is 29.0 Å². The highest BCUT2D eigenvalue weighted by molar-refractivity contribution is 6.32. The van der Waals surface area contributed by atoms with Crippen LogP contribution < -0.4 is 5.46 Å². The quantitative estimate of drug-likeness (QED) is 0.442. The van der Waals surface area contributed by atoms with Gasteiger partial charge in [0.1, 0.15) is 7.85 Å². The van der Waals surface area contributed by atoms with Gasteiger partial charge in [-0.25, -0.2) is 0 Å². The van der Waals surface area contributed by atoms with E-state index in [4.69, 9.17) is 16.7 Å². The molecule has 138 valence electrons. The third-order valence-corrected chi connectivity index (χ3v) is 4.68. The van der Waals surface area contributed by atoms with Gasteiger partial charge >= 0.3 is 0 Å². The van der Waals surface area contributed by atoms with Crippen LogP contribution in [0.3, 0.4) is 0 Å². The normalized spacial score (nSPS) is 11.2. The van der Waals surface area contributed by atoms with Crippen molar-refractivity contribution < 1.29 is 8.83 Å². The first-order chi connectivity index (χ1) is 14.1. The van der Waals surface area contributed by atoms with Crippen LogP contribution in [0.4, 0.5) is 0 Å². The van der Waals surface area contributed by atoms with Crippen LogP contribution in [0, 0.1) is 13.8 Å². The van der Waals surface area contributed by atoms with Crippen LogP contribution in [0.1, 0.15) is 11.5 Å². The average Bonchev–Trinajstić information content (AvgIpc) is 3.36. The maximum Gasteiger partial charge on any atom is 0.248 e. The summed E-state index contributed by atoms with van der Waals surface area (Å²) in [6.45, 7) is 3.74. The third-order valence-electron chi connectivity index (χ3n) is 4.68. The van der Waals surface area contributed by atoms with Crippen molar-refractivity contribution in [3.63, 3.8) is 0 Å². The monoisotopic (exact) mass is 378 g/mol. The molecule has 2 radical (unpaired) electrons.